The largest absolute Gasteiger partial charge is 0.492 e. The predicted molar refractivity (Wildman–Crippen MR) is 64.6 cm³/mol. The third-order valence-corrected chi connectivity index (χ3v) is 2.41. The fraction of sp³-hybridized carbons (Fsp3) is 0.500. The number of hydrogen-bond donors (Lipinski definition) is 1. The molecule has 0 radical (unpaired) electrons. The molecule has 0 amide bonds. The highest BCUT2D eigenvalue weighted by molar-refractivity contribution is 7.80. The molecule has 0 spiro atoms. The van der Waals surface area contributed by atoms with E-state index in [9.17, 15) is 0 Å². The van der Waals surface area contributed by atoms with Gasteiger partial charge in [-0.05, 0) is 30.0 Å². The predicted octanol–water partition coefficient (Wildman–Crippen LogP) is 3.43. The lowest BCUT2D eigenvalue weighted by molar-refractivity contribution is 0.341. The van der Waals surface area contributed by atoms with Crippen molar-refractivity contribution in [3.05, 3.63) is 29.3 Å². The number of rotatable bonds is 4. The molecule has 0 bridgehead atoms. The molecule has 0 fully saturated rings. The van der Waals surface area contributed by atoms with E-state index in [1.54, 1.807) is 0 Å². The molecule has 78 valence electrons. The molecule has 0 aliphatic heterocycles. The Morgan fingerprint density at radius 2 is 2.07 bits per heavy atom. The summed E-state index contributed by atoms with van der Waals surface area (Å²) in [5.41, 5.74) is 2.51. The Hall–Kier alpha value is -0.630. The molecule has 2 heteroatoms. The Balaban J connectivity index is 2.85. The SMILES string of the molecule is Cc1ccc(C(C)C)cc1OCCS. The standard InChI is InChI=1S/C12H18OS/c1-9(2)11-5-4-10(3)12(8-11)13-6-7-14/h4-5,8-9,14H,6-7H2,1-3H3. The molecular weight excluding hydrogens is 192 g/mol. The molecule has 1 aromatic rings. The first-order valence-electron chi connectivity index (χ1n) is 4.99. The van der Waals surface area contributed by atoms with Crippen molar-refractivity contribution < 1.29 is 4.74 Å². The van der Waals surface area contributed by atoms with Gasteiger partial charge in [-0.3, -0.25) is 0 Å². The zero-order chi connectivity index (χ0) is 10.6. The summed E-state index contributed by atoms with van der Waals surface area (Å²) in [4.78, 5) is 0. The first-order valence-corrected chi connectivity index (χ1v) is 5.62. The van der Waals surface area contributed by atoms with Gasteiger partial charge in [0.25, 0.3) is 0 Å². The molecular formula is C12H18OS. The fourth-order valence-corrected chi connectivity index (χ4v) is 1.38. The first-order chi connectivity index (χ1) is 6.65. The normalized spacial score (nSPS) is 10.6. The monoisotopic (exact) mass is 210 g/mol. The Morgan fingerprint density at radius 1 is 1.36 bits per heavy atom. The third kappa shape index (κ3) is 2.95. The second-order valence-electron chi connectivity index (χ2n) is 3.75. The highest BCUT2D eigenvalue weighted by Gasteiger charge is 2.03. The van der Waals surface area contributed by atoms with E-state index in [4.69, 9.17) is 4.74 Å². The van der Waals surface area contributed by atoms with Crippen LogP contribution in [0.15, 0.2) is 18.2 Å². The van der Waals surface area contributed by atoms with Crippen molar-refractivity contribution in [2.75, 3.05) is 12.4 Å². The summed E-state index contributed by atoms with van der Waals surface area (Å²) in [5, 5.41) is 0. The van der Waals surface area contributed by atoms with Crippen LogP contribution in [0.25, 0.3) is 0 Å². The van der Waals surface area contributed by atoms with Gasteiger partial charge in [0, 0.05) is 5.75 Å². The van der Waals surface area contributed by atoms with Gasteiger partial charge in [0.2, 0.25) is 0 Å². The van der Waals surface area contributed by atoms with Gasteiger partial charge in [-0.1, -0.05) is 26.0 Å². The Bertz CT molecular complexity index is 294. The molecule has 0 saturated carbocycles. The summed E-state index contributed by atoms with van der Waals surface area (Å²) in [5.74, 6) is 2.30. The summed E-state index contributed by atoms with van der Waals surface area (Å²) >= 11 is 4.13. The van der Waals surface area contributed by atoms with Crippen LogP contribution in [-0.2, 0) is 0 Å². The number of ether oxygens (including phenoxy) is 1. The van der Waals surface area contributed by atoms with Crippen LogP contribution in [0.2, 0.25) is 0 Å². The van der Waals surface area contributed by atoms with Gasteiger partial charge in [0.15, 0.2) is 0 Å². The van der Waals surface area contributed by atoms with E-state index in [1.165, 1.54) is 11.1 Å². The lowest BCUT2D eigenvalue weighted by atomic mass is 10.0. The summed E-state index contributed by atoms with van der Waals surface area (Å²) in [7, 11) is 0. The van der Waals surface area contributed by atoms with Crippen molar-refractivity contribution >= 4 is 12.6 Å². The number of aryl methyl sites for hydroxylation is 1. The third-order valence-electron chi connectivity index (χ3n) is 2.23. The lowest BCUT2D eigenvalue weighted by Crippen LogP contribution is -2.00. The number of hydrogen-bond acceptors (Lipinski definition) is 2. The maximum atomic E-state index is 5.60. The van der Waals surface area contributed by atoms with E-state index in [0.29, 0.717) is 12.5 Å². The quantitative estimate of drug-likeness (QED) is 0.749. The van der Waals surface area contributed by atoms with E-state index < -0.39 is 0 Å². The minimum atomic E-state index is 0.550. The lowest BCUT2D eigenvalue weighted by Gasteiger charge is -2.11. The average molecular weight is 210 g/mol. The van der Waals surface area contributed by atoms with Crippen molar-refractivity contribution in [2.45, 2.75) is 26.7 Å². The zero-order valence-electron chi connectivity index (χ0n) is 9.08. The molecule has 0 aliphatic rings. The van der Waals surface area contributed by atoms with Crippen LogP contribution in [0.3, 0.4) is 0 Å². The average Bonchev–Trinajstić information content (AvgIpc) is 2.16. The minimum Gasteiger partial charge on any atom is -0.492 e. The van der Waals surface area contributed by atoms with Crippen molar-refractivity contribution in [2.24, 2.45) is 0 Å². The van der Waals surface area contributed by atoms with Crippen LogP contribution in [-0.4, -0.2) is 12.4 Å². The van der Waals surface area contributed by atoms with Gasteiger partial charge in [0.05, 0.1) is 6.61 Å². The minimum absolute atomic E-state index is 0.550. The maximum Gasteiger partial charge on any atom is 0.122 e. The molecule has 0 saturated heterocycles. The van der Waals surface area contributed by atoms with Gasteiger partial charge in [-0.2, -0.15) is 12.6 Å². The van der Waals surface area contributed by atoms with Crippen molar-refractivity contribution in [1.29, 1.82) is 0 Å². The van der Waals surface area contributed by atoms with Gasteiger partial charge in [-0.15, -0.1) is 0 Å². The van der Waals surface area contributed by atoms with Crippen molar-refractivity contribution in [1.82, 2.24) is 0 Å². The second kappa shape index (κ2) is 5.30. The number of thiol groups is 1. The molecule has 0 aliphatic carbocycles. The zero-order valence-corrected chi connectivity index (χ0v) is 9.97. The van der Waals surface area contributed by atoms with Crippen molar-refractivity contribution in [3.8, 4) is 5.75 Å². The molecule has 0 aromatic heterocycles. The molecule has 1 aromatic carbocycles. The summed E-state index contributed by atoms with van der Waals surface area (Å²) in [6.45, 7) is 7.11. The highest BCUT2D eigenvalue weighted by Crippen LogP contribution is 2.24. The van der Waals surface area contributed by atoms with Gasteiger partial charge in [-0.25, -0.2) is 0 Å². The smallest absolute Gasteiger partial charge is 0.122 e. The van der Waals surface area contributed by atoms with E-state index >= 15 is 0 Å². The second-order valence-corrected chi connectivity index (χ2v) is 4.20. The van der Waals surface area contributed by atoms with Crippen LogP contribution in [0.4, 0.5) is 0 Å². The Kier molecular flexibility index (Phi) is 4.33. The molecule has 1 rings (SSSR count). The van der Waals surface area contributed by atoms with Gasteiger partial charge in [0.1, 0.15) is 5.75 Å². The van der Waals surface area contributed by atoms with E-state index in [2.05, 4.69) is 51.6 Å². The van der Waals surface area contributed by atoms with Crippen LogP contribution < -0.4 is 4.74 Å². The van der Waals surface area contributed by atoms with E-state index in [1.807, 2.05) is 0 Å². The first kappa shape index (κ1) is 11.4. The van der Waals surface area contributed by atoms with Crippen LogP contribution >= 0.6 is 12.6 Å². The molecule has 14 heavy (non-hydrogen) atoms. The summed E-state index contributed by atoms with van der Waals surface area (Å²) in [6, 6.07) is 6.40. The maximum absolute atomic E-state index is 5.60. The number of benzene rings is 1. The molecule has 0 unspecified atom stereocenters. The Labute approximate surface area is 91.9 Å². The molecule has 1 nitrogen and oxygen atoms in total. The van der Waals surface area contributed by atoms with E-state index in [0.717, 1.165) is 11.5 Å². The van der Waals surface area contributed by atoms with Crippen molar-refractivity contribution in [3.63, 3.8) is 0 Å². The van der Waals surface area contributed by atoms with Crippen LogP contribution in [0.1, 0.15) is 30.9 Å². The molecule has 0 N–H and O–H groups in total. The highest BCUT2D eigenvalue weighted by atomic mass is 32.1. The fourth-order valence-electron chi connectivity index (χ4n) is 1.29. The molecule has 0 atom stereocenters. The van der Waals surface area contributed by atoms with E-state index in [-0.39, 0.29) is 0 Å². The van der Waals surface area contributed by atoms with Crippen LogP contribution in [0.5, 0.6) is 5.75 Å². The van der Waals surface area contributed by atoms with Gasteiger partial charge < -0.3 is 4.74 Å². The van der Waals surface area contributed by atoms with Crippen LogP contribution in [0, 0.1) is 6.92 Å². The topological polar surface area (TPSA) is 9.23 Å². The van der Waals surface area contributed by atoms with Gasteiger partial charge >= 0.3 is 0 Å². The Morgan fingerprint density at radius 3 is 2.64 bits per heavy atom. The molecule has 0 heterocycles. The summed E-state index contributed by atoms with van der Waals surface area (Å²) in [6.07, 6.45) is 0. The summed E-state index contributed by atoms with van der Waals surface area (Å²) < 4.78 is 5.60.